The van der Waals surface area contributed by atoms with E-state index in [4.69, 9.17) is 0 Å². The van der Waals surface area contributed by atoms with Crippen molar-refractivity contribution >= 4 is 17.6 Å². The van der Waals surface area contributed by atoms with Gasteiger partial charge in [0, 0.05) is 38.3 Å². The Morgan fingerprint density at radius 3 is 2.37 bits per heavy atom. The third-order valence-corrected chi connectivity index (χ3v) is 5.77. The molecule has 2 heterocycles. The first-order chi connectivity index (χ1) is 13.1. The summed E-state index contributed by atoms with van der Waals surface area (Å²) in [4.78, 5) is 34.2. The molecule has 2 aliphatic rings. The van der Waals surface area contributed by atoms with Crippen molar-refractivity contribution in [3.63, 3.8) is 0 Å². The van der Waals surface area contributed by atoms with Crippen molar-refractivity contribution in [2.45, 2.75) is 52.0 Å². The molecular formula is C21H32N4O2. The van der Waals surface area contributed by atoms with Crippen LogP contribution in [0.3, 0.4) is 0 Å². The van der Waals surface area contributed by atoms with Crippen LogP contribution in [0.15, 0.2) is 24.4 Å². The zero-order valence-electron chi connectivity index (χ0n) is 16.6. The maximum Gasteiger partial charge on any atom is 0.245 e. The van der Waals surface area contributed by atoms with Crippen LogP contribution in [-0.4, -0.2) is 53.9 Å². The Labute approximate surface area is 162 Å². The molecule has 0 bridgehead atoms. The fraction of sp³-hybridized carbons (Fsp3) is 0.667. The Balaban J connectivity index is 1.56. The quantitative estimate of drug-likeness (QED) is 0.862. The molecule has 0 spiro atoms. The van der Waals surface area contributed by atoms with Gasteiger partial charge in [0.25, 0.3) is 0 Å². The van der Waals surface area contributed by atoms with Gasteiger partial charge >= 0.3 is 0 Å². The number of carbonyl (C=O) groups is 2. The van der Waals surface area contributed by atoms with Crippen LogP contribution in [0.2, 0.25) is 0 Å². The van der Waals surface area contributed by atoms with E-state index < -0.39 is 6.04 Å². The number of rotatable bonds is 5. The summed E-state index contributed by atoms with van der Waals surface area (Å²) in [6, 6.07) is 5.46. The Kier molecular flexibility index (Phi) is 6.69. The molecule has 1 aliphatic carbocycles. The number of hydrogen-bond donors (Lipinski definition) is 1. The van der Waals surface area contributed by atoms with Crippen molar-refractivity contribution in [2.75, 3.05) is 31.1 Å². The molecule has 3 rings (SSSR count). The molecule has 6 nitrogen and oxygen atoms in total. The van der Waals surface area contributed by atoms with Gasteiger partial charge in [-0.1, -0.05) is 39.2 Å². The van der Waals surface area contributed by atoms with Gasteiger partial charge in [0.2, 0.25) is 11.8 Å². The number of amides is 2. The molecule has 0 radical (unpaired) electrons. The van der Waals surface area contributed by atoms with Gasteiger partial charge in [-0.3, -0.25) is 9.59 Å². The number of piperazine rings is 1. The molecule has 1 aromatic heterocycles. The first kappa shape index (κ1) is 19.6. The summed E-state index contributed by atoms with van der Waals surface area (Å²) >= 11 is 0. The van der Waals surface area contributed by atoms with Gasteiger partial charge in [-0.05, 0) is 30.9 Å². The van der Waals surface area contributed by atoms with E-state index >= 15 is 0 Å². The van der Waals surface area contributed by atoms with E-state index in [0.717, 1.165) is 44.6 Å². The number of aromatic nitrogens is 1. The van der Waals surface area contributed by atoms with Gasteiger partial charge < -0.3 is 15.1 Å². The summed E-state index contributed by atoms with van der Waals surface area (Å²) in [5, 5.41) is 3.07. The lowest BCUT2D eigenvalue weighted by Crippen LogP contribution is -2.57. The van der Waals surface area contributed by atoms with Gasteiger partial charge in [-0.25, -0.2) is 4.98 Å². The van der Waals surface area contributed by atoms with Crippen molar-refractivity contribution in [3.05, 3.63) is 24.4 Å². The predicted octanol–water partition coefficient (Wildman–Crippen LogP) is 2.45. The number of nitrogens with one attached hydrogen (secondary N) is 1. The molecule has 1 aliphatic heterocycles. The molecule has 0 aromatic carbocycles. The second-order valence-corrected chi connectivity index (χ2v) is 8.07. The minimum Gasteiger partial charge on any atom is -0.353 e. The number of anilines is 1. The van der Waals surface area contributed by atoms with Crippen molar-refractivity contribution in [3.8, 4) is 0 Å². The number of nitrogens with zero attached hydrogens (tertiary/aromatic N) is 3. The second kappa shape index (κ2) is 9.20. The summed E-state index contributed by atoms with van der Waals surface area (Å²) in [6.45, 7) is 6.88. The van der Waals surface area contributed by atoms with Gasteiger partial charge in [0.15, 0.2) is 0 Å². The molecule has 2 amide bonds. The smallest absolute Gasteiger partial charge is 0.245 e. The Hall–Kier alpha value is -2.11. The lowest BCUT2D eigenvalue weighted by atomic mass is 9.88. The molecule has 1 saturated heterocycles. The fourth-order valence-electron chi connectivity index (χ4n) is 4.04. The average molecular weight is 373 g/mol. The van der Waals surface area contributed by atoms with E-state index in [1.807, 2.05) is 36.9 Å². The summed E-state index contributed by atoms with van der Waals surface area (Å²) < 4.78 is 0. The molecule has 1 aromatic rings. The second-order valence-electron chi connectivity index (χ2n) is 8.07. The van der Waals surface area contributed by atoms with Gasteiger partial charge in [-0.2, -0.15) is 0 Å². The topological polar surface area (TPSA) is 65.5 Å². The molecule has 1 atom stereocenters. The molecule has 27 heavy (non-hydrogen) atoms. The number of carbonyl (C=O) groups excluding carboxylic acids is 2. The zero-order chi connectivity index (χ0) is 19.2. The van der Waals surface area contributed by atoms with Crippen LogP contribution in [0, 0.1) is 11.8 Å². The highest BCUT2D eigenvalue weighted by Crippen LogP contribution is 2.24. The minimum atomic E-state index is -0.430. The minimum absolute atomic E-state index is 0.0508. The molecule has 0 unspecified atom stereocenters. The van der Waals surface area contributed by atoms with E-state index in [1.54, 1.807) is 6.20 Å². The number of hydrogen-bond acceptors (Lipinski definition) is 4. The highest BCUT2D eigenvalue weighted by molar-refractivity contribution is 5.89. The maximum absolute atomic E-state index is 13.1. The van der Waals surface area contributed by atoms with Crippen LogP contribution in [0.5, 0.6) is 0 Å². The standard InChI is InChI=1S/C21H32N4O2/c1-16(2)19(23-20(26)17-8-4-3-5-9-17)21(27)25-14-12-24(13-15-25)18-10-6-7-11-22-18/h6-7,10-11,16-17,19H,3-5,8-9,12-15H2,1-2H3,(H,23,26)/t19-/m0/s1. The zero-order valence-corrected chi connectivity index (χ0v) is 16.6. The average Bonchev–Trinajstić information content (AvgIpc) is 2.72. The van der Waals surface area contributed by atoms with E-state index in [2.05, 4.69) is 15.2 Å². The monoisotopic (exact) mass is 372 g/mol. The van der Waals surface area contributed by atoms with Gasteiger partial charge in [0.1, 0.15) is 11.9 Å². The van der Waals surface area contributed by atoms with Crippen LogP contribution in [0.1, 0.15) is 46.0 Å². The third kappa shape index (κ3) is 4.99. The van der Waals surface area contributed by atoms with E-state index in [-0.39, 0.29) is 23.7 Å². The summed E-state index contributed by atoms with van der Waals surface area (Å²) in [5.74, 6) is 1.23. The molecule has 148 valence electrons. The lowest BCUT2D eigenvalue weighted by Gasteiger charge is -2.38. The Bertz CT molecular complexity index is 620. The van der Waals surface area contributed by atoms with Crippen LogP contribution < -0.4 is 10.2 Å². The summed E-state index contributed by atoms with van der Waals surface area (Å²) in [5.41, 5.74) is 0. The Morgan fingerprint density at radius 1 is 1.07 bits per heavy atom. The van der Waals surface area contributed by atoms with Crippen LogP contribution in [0.25, 0.3) is 0 Å². The summed E-state index contributed by atoms with van der Waals surface area (Å²) in [6.07, 6.45) is 7.15. The van der Waals surface area contributed by atoms with Gasteiger partial charge in [-0.15, -0.1) is 0 Å². The predicted molar refractivity (Wildman–Crippen MR) is 106 cm³/mol. The van der Waals surface area contributed by atoms with Crippen molar-refractivity contribution in [1.29, 1.82) is 0 Å². The molecule has 2 fully saturated rings. The fourth-order valence-corrected chi connectivity index (χ4v) is 4.04. The molecular weight excluding hydrogens is 340 g/mol. The lowest BCUT2D eigenvalue weighted by molar-refractivity contribution is -0.139. The summed E-state index contributed by atoms with van der Waals surface area (Å²) in [7, 11) is 0. The Morgan fingerprint density at radius 2 is 1.78 bits per heavy atom. The molecule has 1 saturated carbocycles. The SMILES string of the molecule is CC(C)[C@H](NC(=O)C1CCCCC1)C(=O)N1CCN(c2ccccn2)CC1. The van der Waals surface area contributed by atoms with Crippen molar-refractivity contribution in [1.82, 2.24) is 15.2 Å². The highest BCUT2D eigenvalue weighted by Gasteiger charge is 2.32. The largest absolute Gasteiger partial charge is 0.353 e. The van der Waals surface area contributed by atoms with Crippen LogP contribution in [-0.2, 0) is 9.59 Å². The molecule has 6 heteroatoms. The number of pyridine rings is 1. The van der Waals surface area contributed by atoms with Crippen molar-refractivity contribution < 1.29 is 9.59 Å². The first-order valence-corrected chi connectivity index (χ1v) is 10.3. The normalized spacial score (nSPS) is 19.8. The van der Waals surface area contributed by atoms with Crippen LogP contribution >= 0.6 is 0 Å². The maximum atomic E-state index is 13.1. The highest BCUT2D eigenvalue weighted by atomic mass is 16.2. The van der Waals surface area contributed by atoms with E-state index in [1.165, 1.54) is 6.42 Å². The molecule has 1 N–H and O–H groups in total. The van der Waals surface area contributed by atoms with Crippen molar-refractivity contribution in [2.24, 2.45) is 11.8 Å². The van der Waals surface area contributed by atoms with E-state index in [9.17, 15) is 9.59 Å². The van der Waals surface area contributed by atoms with E-state index in [0.29, 0.717) is 13.1 Å². The first-order valence-electron chi connectivity index (χ1n) is 10.3. The van der Waals surface area contributed by atoms with Crippen LogP contribution in [0.4, 0.5) is 5.82 Å². The third-order valence-electron chi connectivity index (χ3n) is 5.77. The van der Waals surface area contributed by atoms with Gasteiger partial charge in [0.05, 0.1) is 0 Å².